The van der Waals surface area contributed by atoms with Gasteiger partial charge in [0.05, 0.1) is 12.7 Å². The molecule has 2 aromatic rings. The summed E-state index contributed by atoms with van der Waals surface area (Å²) in [7, 11) is 1.32. The molecule has 24 heavy (non-hydrogen) atoms. The molecular weight excluding hydrogens is 308 g/mol. The number of ether oxygens (including phenoxy) is 1. The first kappa shape index (κ1) is 17.4. The lowest BCUT2D eigenvalue weighted by atomic mass is 10.2. The van der Waals surface area contributed by atoms with Crippen LogP contribution in [0.2, 0.25) is 0 Å². The van der Waals surface area contributed by atoms with Gasteiger partial charge in [0.2, 0.25) is 5.95 Å². The number of aromatic nitrogens is 2. The molecule has 0 radical (unpaired) electrons. The number of carbonyl (C=O) groups excluding carboxylic acids is 2. The van der Waals surface area contributed by atoms with Gasteiger partial charge in [-0.05, 0) is 43.7 Å². The van der Waals surface area contributed by atoms with Gasteiger partial charge in [0.25, 0.3) is 5.91 Å². The molecule has 0 saturated carbocycles. The predicted octanol–water partition coefficient (Wildman–Crippen LogP) is 2.73. The molecule has 0 aliphatic carbocycles. The second kappa shape index (κ2) is 8.05. The fourth-order valence-electron chi connectivity index (χ4n) is 1.88. The second-order valence-corrected chi connectivity index (χ2v) is 5.24. The average Bonchev–Trinajstić information content (AvgIpc) is 2.61. The first-order valence-corrected chi connectivity index (χ1v) is 7.62. The number of nitrogens with zero attached hydrogens (tertiary/aromatic N) is 2. The predicted molar refractivity (Wildman–Crippen MR) is 91.1 cm³/mol. The fourth-order valence-corrected chi connectivity index (χ4v) is 1.88. The van der Waals surface area contributed by atoms with Gasteiger partial charge in [0, 0.05) is 17.9 Å². The Hall–Kier alpha value is -2.96. The maximum Gasteiger partial charge on any atom is 0.337 e. The Morgan fingerprint density at radius 1 is 1.21 bits per heavy atom. The van der Waals surface area contributed by atoms with Crippen LogP contribution in [-0.2, 0) is 4.74 Å². The zero-order valence-electron chi connectivity index (χ0n) is 13.9. The van der Waals surface area contributed by atoms with Crippen LogP contribution in [0, 0.1) is 0 Å². The number of hydrogen-bond donors (Lipinski definition) is 2. The molecule has 0 bridgehead atoms. The molecule has 1 aromatic carbocycles. The van der Waals surface area contributed by atoms with Crippen molar-refractivity contribution in [2.45, 2.75) is 26.3 Å². The lowest BCUT2D eigenvalue weighted by Crippen LogP contribution is -2.19. The second-order valence-electron chi connectivity index (χ2n) is 5.24. The highest BCUT2D eigenvalue weighted by molar-refractivity contribution is 6.03. The molecule has 1 aromatic heterocycles. The smallest absolute Gasteiger partial charge is 0.337 e. The summed E-state index contributed by atoms with van der Waals surface area (Å²) in [5, 5.41) is 5.85. The largest absolute Gasteiger partial charge is 0.465 e. The van der Waals surface area contributed by atoms with Gasteiger partial charge in [-0.25, -0.2) is 14.8 Å². The highest BCUT2D eigenvalue weighted by atomic mass is 16.5. The van der Waals surface area contributed by atoms with Crippen LogP contribution >= 0.6 is 0 Å². The van der Waals surface area contributed by atoms with E-state index in [4.69, 9.17) is 0 Å². The van der Waals surface area contributed by atoms with Gasteiger partial charge in [-0.2, -0.15) is 0 Å². The Morgan fingerprint density at radius 2 is 1.92 bits per heavy atom. The van der Waals surface area contributed by atoms with Gasteiger partial charge in [-0.15, -0.1) is 0 Å². The number of methoxy groups -OCH3 is 1. The number of benzene rings is 1. The van der Waals surface area contributed by atoms with E-state index in [1.54, 1.807) is 30.3 Å². The van der Waals surface area contributed by atoms with Crippen LogP contribution < -0.4 is 10.6 Å². The molecule has 1 amide bonds. The van der Waals surface area contributed by atoms with Crippen molar-refractivity contribution >= 4 is 23.5 Å². The van der Waals surface area contributed by atoms with Crippen molar-refractivity contribution in [2.24, 2.45) is 0 Å². The molecule has 1 unspecified atom stereocenters. The van der Waals surface area contributed by atoms with Crippen molar-refractivity contribution < 1.29 is 14.3 Å². The summed E-state index contributed by atoms with van der Waals surface area (Å²) in [6, 6.07) is 8.18. The van der Waals surface area contributed by atoms with E-state index < -0.39 is 5.97 Å². The number of carbonyl (C=O) groups is 2. The summed E-state index contributed by atoms with van der Waals surface area (Å²) in [5.41, 5.74) is 1.23. The number of anilines is 2. The first-order valence-electron chi connectivity index (χ1n) is 7.62. The van der Waals surface area contributed by atoms with Gasteiger partial charge in [0.15, 0.2) is 0 Å². The van der Waals surface area contributed by atoms with Crippen LogP contribution in [-0.4, -0.2) is 35.0 Å². The Morgan fingerprint density at radius 3 is 2.54 bits per heavy atom. The summed E-state index contributed by atoms with van der Waals surface area (Å²) >= 11 is 0. The Bertz CT molecular complexity index is 716. The SMILES string of the molecule is CCC(C)Nc1nccc(C(=O)Nc2ccc(C(=O)OC)cc2)n1. The van der Waals surface area contributed by atoms with Crippen LogP contribution in [0.25, 0.3) is 0 Å². The molecule has 0 spiro atoms. The van der Waals surface area contributed by atoms with Gasteiger partial charge in [0.1, 0.15) is 5.69 Å². The third-order valence-electron chi connectivity index (χ3n) is 3.44. The third-order valence-corrected chi connectivity index (χ3v) is 3.44. The maximum atomic E-state index is 12.3. The lowest BCUT2D eigenvalue weighted by molar-refractivity contribution is 0.0600. The van der Waals surface area contributed by atoms with E-state index in [1.807, 2.05) is 13.8 Å². The number of hydrogen-bond acceptors (Lipinski definition) is 6. The molecule has 7 nitrogen and oxygen atoms in total. The highest BCUT2D eigenvalue weighted by Gasteiger charge is 2.11. The number of rotatable bonds is 6. The van der Waals surface area contributed by atoms with Gasteiger partial charge >= 0.3 is 5.97 Å². The van der Waals surface area contributed by atoms with Gasteiger partial charge < -0.3 is 15.4 Å². The summed E-state index contributed by atoms with van der Waals surface area (Å²) in [4.78, 5) is 32.0. The third kappa shape index (κ3) is 4.52. The van der Waals surface area contributed by atoms with E-state index in [0.29, 0.717) is 17.2 Å². The molecule has 0 aliphatic heterocycles. The van der Waals surface area contributed by atoms with E-state index in [2.05, 4.69) is 25.3 Å². The number of amides is 1. The molecule has 126 valence electrons. The van der Waals surface area contributed by atoms with Crippen LogP contribution in [0.3, 0.4) is 0 Å². The van der Waals surface area contributed by atoms with Crippen molar-refractivity contribution in [1.29, 1.82) is 0 Å². The van der Waals surface area contributed by atoms with E-state index in [1.165, 1.54) is 13.3 Å². The zero-order chi connectivity index (χ0) is 17.5. The highest BCUT2D eigenvalue weighted by Crippen LogP contribution is 2.12. The van der Waals surface area contributed by atoms with Crippen LogP contribution in [0.1, 0.15) is 41.1 Å². The standard InChI is InChI=1S/C17H20N4O3/c1-4-11(2)19-17-18-10-9-14(21-17)15(22)20-13-7-5-12(6-8-13)16(23)24-3/h5-11H,4H2,1-3H3,(H,20,22)(H,18,19,21). The molecule has 7 heteroatoms. The molecule has 1 atom stereocenters. The van der Waals surface area contributed by atoms with E-state index in [0.717, 1.165) is 6.42 Å². The van der Waals surface area contributed by atoms with Crippen molar-refractivity contribution in [3.63, 3.8) is 0 Å². The number of nitrogens with one attached hydrogen (secondary N) is 2. The normalized spacial score (nSPS) is 11.5. The molecule has 1 heterocycles. The van der Waals surface area contributed by atoms with Crippen molar-refractivity contribution in [1.82, 2.24) is 9.97 Å². The van der Waals surface area contributed by atoms with Gasteiger partial charge in [-0.3, -0.25) is 4.79 Å². The van der Waals surface area contributed by atoms with E-state index >= 15 is 0 Å². The topological polar surface area (TPSA) is 93.2 Å². The van der Waals surface area contributed by atoms with Crippen LogP contribution in [0.5, 0.6) is 0 Å². The summed E-state index contributed by atoms with van der Waals surface area (Å²) in [5.74, 6) is -0.363. The Kier molecular flexibility index (Phi) is 5.83. The minimum Gasteiger partial charge on any atom is -0.465 e. The number of esters is 1. The minimum atomic E-state index is -0.426. The zero-order valence-corrected chi connectivity index (χ0v) is 13.9. The molecule has 2 rings (SSSR count). The molecule has 0 saturated heterocycles. The molecule has 2 N–H and O–H groups in total. The monoisotopic (exact) mass is 328 g/mol. The first-order chi connectivity index (χ1) is 11.5. The summed E-state index contributed by atoms with van der Waals surface area (Å²) in [6.45, 7) is 4.06. The molecular formula is C17H20N4O3. The average molecular weight is 328 g/mol. The van der Waals surface area contributed by atoms with E-state index in [-0.39, 0.29) is 17.6 Å². The van der Waals surface area contributed by atoms with Crippen molar-refractivity contribution in [3.8, 4) is 0 Å². The summed E-state index contributed by atoms with van der Waals surface area (Å²) < 4.78 is 4.63. The minimum absolute atomic E-state index is 0.217. The molecule has 0 aliphatic rings. The molecule has 0 fully saturated rings. The maximum absolute atomic E-state index is 12.3. The van der Waals surface area contributed by atoms with E-state index in [9.17, 15) is 9.59 Å². The fraction of sp³-hybridized carbons (Fsp3) is 0.294. The Labute approximate surface area is 140 Å². The van der Waals surface area contributed by atoms with Crippen molar-refractivity contribution in [3.05, 3.63) is 47.8 Å². The quantitative estimate of drug-likeness (QED) is 0.792. The van der Waals surface area contributed by atoms with Crippen LogP contribution in [0.4, 0.5) is 11.6 Å². The van der Waals surface area contributed by atoms with Crippen LogP contribution in [0.15, 0.2) is 36.5 Å². The van der Waals surface area contributed by atoms with Crippen molar-refractivity contribution in [2.75, 3.05) is 17.7 Å². The van der Waals surface area contributed by atoms with Gasteiger partial charge in [-0.1, -0.05) is 6.92 Å². The lowest BCUT2D eigenvalue weighted by Gasteiger charge is -2.11. The Balaban J connectivity index is 2.06. The summed E-state index contributed by atoms with van der Waals surface area (Å²) in [6.07, 6.45) is 2.46.